The number of nitrogens with one attached hydrogen (secondary N) is 1. The van der Waals surface area contributed by atoms with E-state index in [0.717, 1.165) is 43.1 Å². The molecule has 6 heteroatoms. The van der Waals surface area contributed by atoms with Gasteiger partial charge in [-0.1, -0.05) is 37.3 Å². The topological polar surface area (TPSA) is 71.0 Å². The van der Waals surface area contributed by atoms with Crippen molar-refractivity contribution in [2.24, 2.45) is 0 Å². The van der Waals surface area contributed by atoms with Crippen LogP contribution >= 0.6 is 0 Å². The van der Waals surface area contributed by atoms with Gasteiger partial charge in [0.05, 0.1) is 0 Å². The lowest BCUT2D eigenvalue weighted by Gasteiger charge is -2.15. The molecule has 29 heavy (non-hydrogen) atoms. The lowest BCUT2D eigenvalue weighted by atomic mass is 10.1. The molecule has 4 rings (SSSR count). The number of anilines is 1. The fraction of sp³-hybridized carbons (Fsp3) is 0.304. The minimum Gasteiger partial charge on any atom is -0.370 e. The molecule has 1 amide bonds. The summed E-state index contributed by atoms with van der Waals surface area (Å²) in [5.41, 5.74) is 4.24. The molecule has 148 valence electrons. The zero-order valence-electron chi connectivity index (χ0n) is 16.6. The van der Waals surface area contributed by atoms with Gasteiger partial charge < -0.3 is 10.2 Å². The van der Waals surface area contributed by atoms with Gasteiger partial charge in [0.1, 0.15) is 11.5 Å². The van der Waals surface area contributed by atoms with Crippen LogP contribution in [-0.2, 0) is 24.3 Å². The molecule has 0 saturated carbocycles. The summed E-state index contributed by atoms with van der Waals surface area (Å²) in [7, 11) is 0. The Morgan fingerprint density at radius 1 is 1.07 bits per heavy atom. The summed E-state index contributed by atoms with van der Waals surface area (Å²) in [6.07, 6.45) is 3.85. The van der Waals surface area contributed by atoms with E-state index >= 15 is 0 Å². The maximum absolute atomic E-state index is 12.5. The van der Waals surface area contributed by atoms with Crippen molar-refractivity contribution in [1.82, 2.24) is 19.9 Å². The van der Waals surface area contributed by atoms with Crippen molar-refractivity contribution >= 4 is 11.7 Å². The van der Waals surface area contributed by atoms with Gasteiger partial charge >= 0.3 is 0 Å². The van der Waals surface area contributed by atoms with Crippen molar-refractivity contribution < 1.29 is 4.79 Å². The lowest BCUT2D eigenvalue weighted by molar-refractivity contribution is -0.131. The van der Waals surface area contributed by atoms with Crippen LogP contribution in [0, 0.1) is 0 Å². The van der Waals surface area contributed by atoms with Crippen LogP contribution in [-0.4, -0.2) is 32.3 Å². The van der Waals surface area contributed by atoms with E-state index in [1.165, 1.54) is 11.1 Å². The van der Waals surface area contributed by atoms with E-state index in [2.05, 4.69) is 39.3 Å². The van der Waals surface area contributed by atoms with Crippen LogP contribution in [0.3, 0.4) is 0 Å². The molecule has 3 aromatic rings. The molecule has 0 bridgehead atoms. The van der Waals surface area contributed by atoms with Gasteiger partial charge in [0.15, 0.2) is 5.82 Å². The van der Waals surface area contributed by atoms with Gasteiger partial charge in [-0.2, -0.15) is 0 Å². The molecule has 6 nitrogen and oxygen atoms in total. The molecule has 0 fully saturated rings. The van der Waals surface area contributed by atoms with E-state index in [0.29, 0.717) is 18.8 Å². The summed E-state index contributed by atoms with van der Waals surface area (Å²) in [6, 6.07) is 15.9. The molecule has 1 aliphatic heterocycles. The zero-order valence-corrected chi connectivity index (χ0v) is 16.6. The zero-order chi connectivity index (χ0) is 20.1. The Hall–Kier alpha value is -3.28. The first-order valence-electron chi connectivity index (χ1n) is 10.1. The number of aromatic nitrogens is 3. The number of amides is 1. The molecule has 1 aromatic carbocycles. The van der Waals surface area contributed by atoms with E-state index in [9.17, 15) is 4.79 Å². The highest BCUT2D eigenvalue weighted by Gasteiger charge is 2.22. The van der Waals surface area contributed by atoms with Crippen LogP contribution < -0.4 is 5.32 Å². The first-order valence-corrected chi connectivity index (χ1v) is 10.1. The Morgan fingerprint density at radius 2 is 1.83 bits per heavy atom. The number of benzene rings is 1. The highest BCUT2D eigenvalue weighted by Crippen LogP contribution is 2.23. The van der Waals surface area contributed by atoms with Crippen LogP contribution in [0.15, 0.2) is 54.7 Å². The SMILES string of the molecule is CCc1cc(NCCCC(=O)N2Cc3ccccc3C2)nc(-c2ccccn2)n1. The molecule has 0 aliphatic carbocycles. The van der Waals surface area contributed by atoms with E-state index in [4.69, 9.17) is 0 Å². The van der Waals surface area contributed by atoms with Crippen molar-refractivity contribution in [1.29, 1.82) is 0 Å². The molecule has 3 heterocycles. The smallest absolute Gasteiger partial charge is 0.223 e. The van der Waals surface area contributed by atoms with Crippen molar-refractivity contribution in [2.45, 2.75) is 39.3 Å². The highest BCUT2D eigenvalue weighted by atomic mass is 16.2. The molecule has 0 saturated heterocycles. The van der Waals surface area contributed by atoms with Gasteiger partial charge in [0, 0.05) is 44.0 Å². The molecule has 0 unspecified atom stereocenters. The summed E-state index contributed by atoms with van der Waals surface area (Å²) >= 11 is 0. The predicted molar refractivity (Wildman–Crippen MR) is 113 cm³/mol. The van der Waals surface area contributed by atoms with Gasteiger partial charge in [-0.15, -0.1) is 0 Å². The normalized spacial score (nSPS) is 12.7. The maximum atomic E-state index is 12.5. The molecule has 1 aliphatic rings. The third-order valence-corrected chi connectivity index (χ3v) is 5.10. The molecule has 2 aromatic heterocycles. The summed E-state index contributed by atoms with van der Waals surface area (Å²) < 4.78 is 0. The number of carbonyl (C=O) groups is 1. The van der Waals surface area contributed by atoms with Crippen molar-refractivity contribution in [3.8, 4) is 11.5 Å². The highest BCUT2D eigenvalue weighted by molar-refractivity contribution is 5.77. The minimum atomic E-state index is 0.203. The number of nitrogens with zero attached hydrogens (tertiary/aromatic N) is 4. The largest absolute Gasteiger partial charge is 0.370 e. The van der Waals surface area contributed by atoms with Crippen molar-refractivity contribution in [2.75, 3.05) is 11.9 Å². The fourth-order valence-electron chi connectivity index (χ4n) is 3.50. The average molecular weight is 387 g/mol. The molecule has 1 N–H and O–H groups in total. The summed E-state index contributed by atoms with van der Waals surface area (Å²) in [4.78, 5) is 28.0. The summed E-state index contributed by atoms with van der Waals surface area (Å²) in [5, 5.41) is 3.34. The average Bonchev–Trinajstić information content (AvgIpc) is 3.21. The first-order chi connectivity index (χ1) is 14.2. The third-order valence-electron chi connectivity index (χ3n) is 5.10. The predicted octanol–water partition coefficient (Wildman–Crippen LogP) is 3.84. The van der Waals surface area contributed by atoms with Gasteiger partial charge in [0.25, 0.3) is 0 Å². The number of aryl methyl sites for hydroxylation is 1. The Bertz CT molecular complexity index is 965. The van der Waals surface area contributed by atoms with Crippen LogP contribution in [0.4, 0.5) is 5.82 Å². The number of pyridine rings is 1. The van der Waals surface area contributed by atoms with Crippen molar-refractivity contribution in [3.05, 3.63) is 71.5 Å². The van der Waals surface area contributed by atoms with Crippen molar-refractivity contribution in [3.63, 3.8) is 0 Å². The second-order valence-electron chi connectivity index (χ2n) is 7.19. The minimum absolute atomic E-state index is 0.203. The van der Waals surface area contributed by atoms with Crippen LogP contribution in [0.2, 0.25) is 0 Å². The Morgan fingerprint density at radius 3 is 2.52 bits per heavy atom. The van der Waals surface area contributed by atoms with Gasteiger partial charge in [-0.05, 0) is 36.1 Å². The molecule has 0 spiro atoms. The van der Waals surface area contributed by atoms with Crippen LogP contribution in [0.25, 0.3) is 11.5 Å². The van der Waals surface area contributed by atoms with Gasteiger partial charge in [-0.3, -0.25) is 9.78 Å². The molecular formula is C23H25N5O. The molecular weight excluding hydrogens is 362 g/mol. The first kappa shape index (κ1) is 19.1. The third kappa shape index (κ3) is 4.59. The lowest BCUT2D eigenvalue weighted by Crippen LogP contribution is -2.25. The monoisotopic (exact) mass is 387 g/mol. The molecule has 0 radical (unpaired) electrons. The van der Waals surface area contributed by atoms with Crippen LogP contribution in [0.5, 0.6) is 0 Å². The second kappa shape index (κ2) is 8.82. The van der Waals surface area contributed by atoms with E-state index in [1.54, 1.807) is 6.20 Å². The van der Waals surface area contributed by atoms with E-state index < -0.39 is 0 Å². The summed E-state index contributed by atoms with van der Waals surface area (Å²) in [5.74, 6) is 1.60. The second-order valence-corrected chi connectivity index (χ2v) is 7.19. The Kier molecular flexibility index (Phi) is 5.79. The fourth-order valence-corrected chi connectivity index (χ4v) is 3.50. The number of carbonyl (C=O) groups excluding carboxylic acids is 1. The van der Waals surface area contributed by atoms with E-state index in [1.807, 2.05) is 41.3 Å². The summed E-state index contributed by atoms with van der Waals surface area (Å²) in [6.45, 7) is 4.21. The number of rotatable bonds is 7. The number of fused-ring (bicyclic) bond motifs is 1. The van der Waals surface area contributed by atoms with Gasteiger partial charge in [-0.25, -0.2) is 9.97 Å². The Balaban J connectivity index is 1.31. The number of hydrogen-bond donors (Lipinski definition) is 1. The molecule has 0 atom stereocenters. The number of hydrogen-bond acceptors (Lipinski definition) is 5. The Labute approximate surface area is 171 Å². The maximum Gasteiger partial charge on any atom is 0.223 e. The quantitative estimate of drug-likeness (QED) is 0.624. The standard InChI is InChI=1S/C23H25N5O/c1-2-19-14-21(27-23(26-19)20-10-5-6-12-24-20)25-13-7-11-22(29)28-15-17-8-3-4-9-18(17)16-28/h3-6,8-10,12,14H,2,7,11,13,15-16H2,1H3,(H,25,26,27). The van der Waals surface area contributed by atoms with Gasteiger partial charge in [0.2, 0.25) is 5.91 Å². The van der Waals surface area contributed by atoms with E-state index in [-0.39, 0.29) is 5.91 Å². The van der Waals surface area contributed by atoms with Crippen LogP contribution in [0.1, 0.15) is 36.6 Å².